The lowest BCUT2D eigenvalue weighted by Crippen LogP contribution is -2.05. The fourth-order valence-corrected chi connectivity index (χ4v) is 2.10. The molecule has 0 fully saturated rings. The first kappa shape index (κ1) is 11.4. The first-order valence-electron chi connectivity index (χ1n) is 5.09. The number of nitrogens with zero attached hydrogens (tertiary/aromatic N) is 2. The largest absolute Gasteiger partial charge is 0.387 e. The van der Waals surface area contributed by atoms with Crippen LogP contribution in [0.15, 0.2) is 41.3 Å². The van der Waals surface area contributed by atoms with Gasteiger partial charge in [0.25, 0.3) is 0 Å². The van der Waals surface area contributed by atoms with Gasteiger partial charge in [-0.2, -0.15) is 0 Å². The molecule has 2 aromatic rings. The molecule has 0 aliphatic carbocycles. The lowest BCUT2D eigenvalue weighted by atomic mass is 10.2. The summed E-state index contributed by atoms with van der Waals surface area (Å²) < 4.78 is 2.99. The van der Waals surface area contributed by atoms with E-state index < -0.39 is 6.10 Å². The minimum Gasteiger partial charge on any atom is -0.387 e. The van der Waals surface area contributed by atoms with Crippen LogP contribution in [0.4, 0.5) is 0 Å². The Morgan fingerprint density at radius 3 is 3.00 bits per heavy atom. The van der Waals surface area contributed by atoms with E-state index in [9.17, 15) is 5.11 Å². The Balaban J connectivity index is 2.24. The molecule has 2 aromatic heterocycles. The molecule has 0 aliphatic rings. The van der Waals surface area contributed by atoms with Crippen LogP contribution in [0.3, 0.4) is 0 Å². The Labute approximate surface area is 103 Å². The number of hydrogen-bond acceptors (Lipinski definition) is 2. The summed E-state index contributed by atoms with van der Waals surface area (Å²) in [4.78, 5) is 4.12. The van der Waals surface area contributed by atoms with Crippen LogP contribution >= 0.6 is 15.9 Å². The van der Waals surface area contributed by atoms with Gasteiger partial charge in [0.2, 0.25) is 0 Å². The topological polar surface area (TPSA) is 38.0 Å². The van der Waals surface area contributed by atoms with Crippen molar-refractivity contribution in [3.8, 4) is 0 Å². The molecule has 16 heavy (non-hydrogen) atoms. The van der Waals surface area contributed by atoms with E-state index in [0.29, 0.717) is 0 Å². The van der Waals surface area contributed by atoms with E-state index in [2.05, 4.69) is 20.9 Å². The zero-order valence-electron chi connectivity index (χ0n) is 8.97. The number of aliphatic hydroxyl groups is 1. The first-order valence-corrected chi connectivity index (χ1v) is 5.88. The van der Waals surface area contributed by atoms with Crippen LogP contribution in [-0.4, -0.2) is 14.7 Å². The summed E-state index contributed by atoms with van der Waals surface area (Å²) in [7, 11) is 0. The van der Waals surface area contributed by atoms with Gasteiger partial charge in [0.1, 0.15) is 0 Å². The zero-order valence-corrected chi connectivity index (χ0v) is 10.6. The lowest BCUT2D eigenvalue weighted by Gasteiger charge is -2.11. The number of aliphatic hydroxyl groups excluding tert-OH is 1. The highest BCUT2D eigenvalue weighted by Gasteiger charge is 2.06. The minimum atomic E-state index is -0.449. The average molecular weight is 281 g/mol. The van der Waals surface area contributed by atoms with E-state index in [1.54, 1.807) is 13.1 Å². The predicted octanol–water partition coefficient (Wildman–Crippen LogP) is 2.75. The average Bonchev–Trinajstić information content (AvgIpc) is 2.66. The molecule has 0 saturated carbocycles. The summed E-state index contributed by atoms with van der Waals surface area (Å²) in [5.41, 5.74) is 2.02. The minimum absolute atomic E-state index is 0.449. The number of aromatic nitrogens is 2. The van der Waals surface area contributed by atoms with Crippen molar-refractivity contribution in [1.82, 2.24) is 9.55 Å². The van der Waals surface area contributed by atoms with E-state index in [1.807, 2.05) is 35.2 Å². The maximum Gasteiger partial charge on any atom is 0.0911 e. The van der Waals surface area contributed by atoms with Crippen LogP contribution in [0.25, 0.3) is 0 Å². The van der Waals surface area contributed by atoms with Crippen LogP contribution in [0.2, 0.25) is 0 Å². The molecular weight excluding hydrogens is 268 g/mol. The van der Waals surface area contributed by atoms with Gasteiger partial charge in [-0.3, -0.25) is 4.98 Å². The second kappa shape index (κ2) is 4.80. The fraction of sp³-hybridized carbons (Fsp3) is 0.250. The van der Waals surface area contributed by atoms with Crippen LogP contribution in [0.1, 0.15) is 24.3 Å². The van der Waals surface area contributed by atoms with Crippen molar-refractivity contribution >= 4 is 15.9 Å². The Morgan fingerprint density at radius 2 is 2.31 bits per heavy atom. The van der Waals surface area contributed by atoms with Gasteiger partial charge in [-0.05, 0) is 46.6 Å². The Hall–Kier alpha value is -1.13. The molecule has 4 heteroatoms. The zero-order chi connectivity index (χ0) is 11.5. The maximum atomic E-state index is 9.58. The molecule has 0 aliphatic heterocycles. The highest BCUT2D eigenvalue weighted by atomic mass is 79.9. The van der Waals surface area contributed by atoms with Gasteiger partial charge in [-0.15, -0.1) is 0 Å². The maximum absolute atomic E-state index is 9.58. The quantitative estimate of drug-likeness (QED) is 0.939. The van der Waals surface area contributed by atoms with Crippen molar-refractivity contribution in [1.29, 1.82) is 0 Å². The first-order chi connectivity index (χ1) is 7.66. The highest BCUT2D eigenvalue weighted by Crippen LogP contribution is 2.16. The summed E-state index contributed by atoms with van der Waals surface area (Å²) in [6.07, 6.45) is 5.10. The number of pyridine rings is 1. The van der Waals surface area contributed by atoms with Gasteiger partial charge in [-0.1, -0.05) is 0 Å². The SMILES string of the molecule is CC(O)c1cccn1Cc1cncc(Br)c1. The van der Waals surface area contributed by atoms with Crippen LogP contribution in [-0.2, 0) is 6.54 Å². The normalized spacial score (nSPS) is 12.7. The van der Waals surface area contributed by atoms with Gasteiger partial charge in [0.15, 0.2) is 0 Å². The van der Waals surface area contributed by atoms with E-state index in [0.717, 1.165) is 22.3 Å². The van der Waals surface area contributed by atoms with Crippen molar-refractivity contribution in [3.05, 3.63) is 52.5 Å². The molecule has 84 valence electrons. The van der Waals surface area contributed by atoms with Crippen LogP contribution < -0.4 is 0 Å². The van der Waals surface area contributed by atoms with Crippen LogP contribution in [0.5, 0.6) is 0 Å². The molecule has 0 bridgehead atoms. The van der Waals surface area contributed by atoms with Gasteiger partial charge in [-0.25, -0.2) is 0 Å². The summed E-state index contributed by atoms with van der Waals surface area (Å²) in [5, 5.41) is 9.58. The van der Waals surface area contributed by atoms with Crippen molar-refractivity contribution < 1.29 is 5.11 Å². The van der Waals surface area contributed by atoms with Gasteiger partial charge >= 0.3 is 0 Å². The smallest absolute Gasteiger partial charge is 0.0911 e. The second-order valence-corrected chi connectivity index (χ2v) is 4.66. The Kier molecular flexibility index (Phi) is 3.41. The third-order valence-electron chi connectivity index (χ3n) is 2.41. The number of halogens is 1. The molecule has 0 saturated heterocycles. The van der Waals surface area contributed by atoms with E-state index in [-0.39, 0.29) is 0 Å². The highest BCUT2D eigenvalue weighted by molar-refractivity contribution is 9.10. The lowest BCUT2D eigenvalue weighted by molar-refractivity contribution is 0.190. The third kappa shape index (κ3) is 2.51. The van der Waals surface area contributed by atoms with E-state index in [4.69, 9.17) is 0 Å². The van der Waals surface area contributed by atoms with Crippen molar-refractivity contribution in [2.75, 3.05) is 0 Å². The predicted molar refractivity (Wildman–Crippen MR) is 66.1 cm³/mol. The molecule has 1 unspecified atom stereocenters. The monoisotopic (exact) mass is 280 g/mol. The van der Waals surface area contributed by atoms with Gasteiger partial charge < -0.3 is 9.67 Å². The van der Waals surface area contributed by atoms with Crippen LogP contribution in [0, 0.1) is 0 Å². The fourth-order valence-electron chi connectivity index (χ4n) is 1.69. The van der Waals surface area contributed by atoms with Gasteiger partial charge in [0, 0.05) is 35.3 Å². The molecule has 0 amide bonds. The van der Waals surface area contributed by atoms with E-state index >= 15 is 0 Å². The second-order valence-electron chi connectivity index (χ2n) is 3.75. The molecule has 3 nitrogen and oxygen atoms in total. The standard InChI is InChI=1S/C12H13BrN2O/c1-9(16)12-3-2-4-15(12)8-10-5-11(13)7-14-6-10/h2-7,9,16H,8H2,1H3. The summed E-state index contributed by atoms with van der Waals surface area (Å²) in [5.74, 6) is 0. The number of hydrogen-bond donors (Lipinski definition) is 1. The van der Waals surface area contributed by atoms with E-state index in [1.165, 1.54) is 0 Å². The molecule has 0 aromatic carbocycles. The Morgan fingerprint density at radius 1 is 1.50 bits per heavy atom. The molecule has 2 rings (SSSR count). The summed E-state index contributed by atoms with van der Waals surface area (Å²) in [6.45, 7) is 2.49. The third-order valence-corrected chi connectivity index (χ3v) is 2.84. The molecule has 2 heterocycles. The molecule has 0 radical (unpaired) electrons. The summed E-state index contributed by atoms with van der Waals surface area (Å²) in [6, 6.07) is 5.89. The Bertz CT molecular complexity index is 479. The van der Waals surface area contributed by atoms with Gasteiger partial charge in [0.05, 0.1) is 6.10 Å². The van der Waals surface area contributed by atoms with Crippen molar-refractivity contribution in [2.45, 2.75) is 19.6 Å². The summed E-state index contributed by atoms with van der Waals surface area (Å²) >= 11 is 3.39. The molecule has 1 atom stereocenters. The molecular formula is C12H13BrN2O. The van der Waals surface area contributed by atoms with Crippen molar-refractivity contribution in [2.24, 2.45) is 0 Å². The number of rotatable bonds is 3. The van der Waals surface area contributed by atoms with Crippen molar-refractivity contribution in [3.63, 3.8) is 0 Å². The molecule has 0 spiro atoms. The molecule has 1 N–H and O–H groups in total.